The van der Waals surface area contributed by atoms with Gasteiger partial charge in [-0.1, -0.05) is 31.5 Å². The van der Waals surface area contributed by atoms with Crippen molar-refractivity contribution in [2.24, 2.45) is 0 Å². The Morgan fingerprint density at radius 3 is 2.71 bits per heavy atom. The van der Waals surface area contributed by atoms with Crippen molar-refractivity contribution in [1.82, 2.24) is 15.3 Å². The van der Waals surface area contributed by atoms with Crippen LogP contribution in [0.2, 0.25) is 5.02 Å². The number of aromatic nitrogens is 2. The second-order valence-corrected chi connectivity index (χ2v) is 5.81. The van der Waals surface area contributed by atoms with Gasteiger partial charge in [0.2, 0.25) is 0 Å². The first-order chi connectivity index (χ1) is 10.1. The predicted octanol–water partition coefficient (Wildman–Crippen LogP) is 3.26. The maximum atomic E-state index is 6.36. The number of nitrogens with one attached hydrogen (secondary N) is 1. The molecule has 2 aromatic rings. The molecule has 0 spiro atoms. The molecule has 2 heterocycles. The number of halogens is 1. The lowest BCUT2D eigenvalue weighted by Crippen LogP contribution is -2.22. The topological polar surface area (TPSA) is 41.1 Å². The molecule has 1 N–H and O–H groups in total. The van der Waals surface area contributed by atoms with Gasteiger partial charge in [-0.2, -0.15) is 0 Å². The van der Waals surface area contributed by atoms with E-state index in [1.807, 2.05) is 42.5 Å². The quantitative estimate of drug-likeness (QED) is 0.889. The summed E-state index contributed by atoms with van der Waals surface area (Å²) in [4.78, 5) is 10.6. The van der Waals surface area contributed by atoms with Crippen molar-refractivity contribution in [3.63, 3.8) is 0 Å². The van der Waals surface area contributed by atoms with Gasteiger partial charge in [0, 0.05) is 44.8 Å². The van der Waals surface area contributed by atoms with Gasteiger partial charge >= 0.3 is 0 Å². The van der Waals surface area contributed by atoms with Crippen molar-refractivity contribution in [3.05, 3.63) is 52.9 Å². The molecule has 5 heteroatoms. The van der Waals surface area contributed by atoms with Crippen LogP contribution in [0, 0.1) is 0 Å². The standard InChI is InChI=1S/C16H21ClN4/c1-12(2)19-9-14-7-15(17)16(20-10-14)21(3)11-13-5-4-6-18-8-13/h4-8,10,12,19H,9,11H2,1-3H3. The van der Waals surface area contributed by atoms with E-state index in [0.717, 1.165) is 30.0 Å². The molecular formula is C16H21ClN4. The van der Waals surface area contributed by atoms with Gasteiger partial charge in [-0.25, -0.2) is 4.98 Å². The Morgan fingerprint density at radius 1 is 1.29 bits per heavy atom. The molecule has 2 rings (SSSR count). The summed E-state index contributed by atoms with van der Waals surface area (Å²) in [6.45, 7) is 5.73. The molecule has 0 saturated carbocycles. The number of pyridine rings is 2. The smallest absolute Gasteiger partial charge is 0.147 e. The molecule has 0 unspecified atom stereocenters. The number of anilines is 1. The fraction of sp³-hybridized carbons (Fsp3) is 0.375. The summed E-state index contributed by atoms with van der Waals surface area (Å²) < 4.78 is 0. The van der Waals surface area contributed by atoms with Gasteiger partial charge in [0.1, 0.15) is 5.82 Å². The zero-order valence-corrected chi connectivity index (χ0v) is 13.4. The summed E-state index contributed by atoms with van der Waals surface area (Å²) in [5, 5.41) is 4.03. The summed E-state index contributed by atoms with van der Waals surface area (Å²) in [5.41, 5.74) is 2.22. The second kappa shape index (κ2) is 7.38. The first kappa shape index (κ1) is 15.7. The van der Waals surface area contributed by atoms with Crippen LogP contribution in [0.4, 0.5) is 5.82 Å². The van der Waals surface area contributed by atoms with Crippen LogP contribution in [-0.2, 0) is 13.1 Å². The van der Waals surface area contributed by atoms with Crippen molar-refractivity contribution in [2.45, 2.75) is 33.0 Å². The molecule has 0 aliphatic carbocycles. The Kier molecular flexibility index (Phi) is 5.53. The summed E-state index contributed by atoms with van der Waals surface area (Å²) in [6.07, 6.45) is 5.49. The van der Waals surface area contributed by atoms with E-state index >= 15 is 0 Å². The number of rotatable bonds is 6. The lowest BCUT2D eigenvalue weighted by Gasteiger charge is -2.20. The van der Waals surface area contributed by atoms with E-state index in [0.29, 0.717) is 11.1 Å². The van der Waals surface area contributed by atoms with Gasteiger partial charge in [0.25, 0.3) is 0 Å². The van der Waals surface area contributed by atoms with Crippen LogP contribution in [0.3, 0.4) is 0 Å². The third-order valence-corrected chi connectivity index (χ3v) is 3.38. The van der Waals surface area contributed by atoms with Crippen LogP contribution in [0.25, 0.3) is 0 Å². The van der Waals surface area contributed by atoms with Crippen molar-refractivity contribution >= 4 is 17.4 Å². The molecule has 0 aromatic carbocycles. The van der Waals surface area contributed by atoms with E-state index in [-0.39, 0.29) is 0 Å². The van der Waals surface area contributed by atoms with Gasteiger partial charge in [0.05, 0.1) is 5.02 Å². The van der Waals surface area contributed by atoms with Crippen molar-refractivity contribution in [3.8, 4) is 0 Å². The predicted molar refractivity (Wildman–Crippen MR) is 87.6 cm³/mol. The molecule has 0 atom stereocenters. The second-order valence-electron chi connectivity index (χ2n) is 5.40. The maximum Gasteiger partial charge on any atom is 0.147 e. The normalized spacial score (nSPS) is 10.9. The van der Waals surface area contributed by atoms with Crippen LogP contribution in [-0.4, -0.2) is 23.1 Å². The number of hydrogen-bond acceptors (Lipinski definition) is 4. The van der Waals surface area contributed by atoms with Gasteiger partial charge in [-0.05, 0) is 23.3 Å². The molecule has 21 heavy (non-hydrogen) atoms. The van der Waals surface area contributed by atoms with E-state index < -0.39 is 0 Å². The van der Waals surface area contributed by atoms with Crippen LogP contribution in [0.5, 0.6) is 0 Å². The number of nitrogens with zero attached hydrogens (tertiary/aromatic N) is 3. The Labute approximate surface area is 131 Å². The maximum absolute atomic E-state index is 6.36. The van der Waals surface area contributed by atoms with E-state index in [1.165, 1.54) is 0 Å². The van der Waals surface area contributed by atoms with Crippen molar-refractivity contribution in [1.29, 1.82) is 0 Å². The SMILES string of the molecule is CC(C)NCc1cnc(N(C)Cc2cccnc2)c(Cl)c1. The molecule has 2 aromatic heterocycles. The lowest BCUT2D eigenvalue weighted by atomic mass is 10.2. The molecule has 0 bridgehead atoms. The molecule has 0 saturated heterocycles. The Balaban J connectivity index is 2.06. The minimum absolute atomic E-state index is 0.441. The average Bonchev–Trinajstić information content (AvgIpc) is 2.46. The molecule has 0 aliphatic heterocycles. The van der Waals surface area contributed by atoms with Gasteiger partial charge in [0.15, 0.2) is 0 Å². The summed E-state index contributed by atoms with van der Waals surface area (Å²) >= 11 is 6.36. The minimum atomic E-state index is 0.441. The first-order valence-corrected chi connectivity index (χ1v) is 7.42. The minimum Gasteiger partial charge on any atom is -0.354 e. The third kappa shape index (κ3) is 4.69. The van der Waals surface area contributed by atoms with Gasteiger partial charge in [-0.3, -0.25) is 4.98 Å². The third-order valence-electron chi connectivity index (χ3n) is 3.10. The highest BCUT2D eigenvalue weighted by molar-refractivity contribution is 6.33. The van der Waals surface area contributed by atoms with E-state index in [2.05, 4.69) is 29.1 Å². The van der Waals surface area contributed by atoms with Crippen LogP contribution >= 0.6 is 11.6 Å². The largest absolute Gasteiger partial charge is 0.354 e. The summed E-state index contributed by atoms with van der Waals surface area (Å²) in [7, 11) is 1.98. The Bertz CT molecular complexity index is 572. The van der Waals surface area contributed by atoms with E-state index in [4.69, 9.17) is 11.6 Å². The summed E-state index contributed by atoms with van der Waals surface area (Å²) in [6, 6.07) is 6.38. The van der Waals surface area contributed by atoms with Gasteiger partial charge in [-0.15, -0.1) is 0 Å². The Morgan fingerprint density at radius 2 is 2.10 bits per heavy atom. The summed E-state index contributed by atoms with van der Waals surface area (Å²) in [5.74, 6) is 0.786. The fourth-order valence-electron chi connectivity index (χ4n) is 2.01. The lowest BCUT2D eigenvalue weighted by molar-refractivity contribution is 0.588. The molecule has 112 valence electrons. The Hall–Kier alpha value is -1.65. The molecule has 0 aliphatic rings. The zero-order chi connectivity index (χ0) is 15.2. The molecule has 4 nitrogen and oxygen atoms in total. The van der Waals surface area contributed by atoms with Crippen LogP contribution in [0.1, 0.15) is 25.0 Å². The average molecular weight is 305 g/mol. The molecule has 0 amide bonds. The fourth-order valence-corrected chi connectivity index (χ4v) is 2.34. The van der Waals surface area contributed by atoms with E-state index in [1.54, 1.807) is 6.20 Å². The monoisotopic (exact) mass is 304 g/mol. The molecule has 0 fully saturated rings. The van der Waals surface area contributed by atoms with Crippen molar-refractivity contribution < 1.29 is 0 Å². The van der Waals surface area contributed by atoms with Gasteiger partial charge < -0.3 is 10.2 Å². The highest BCUT2D eigenvalue weighted by atomic mass is 35.5. The van der Waals surface area contributed by atoms with Crippen molar-refractivity contribution in [2.75, 3.05) is 11.9 Å². The highest BCUT2D eigenvalue weighted by Gasteiger charge is 2.09. The van der Waals surface area contributed by atoms with E-state index in [9.17, 15) is 0 Å². The molecular weight excluding hydrogens is 284 g/mol. The first-order valence-electron chi connectivity index (χ1n) is 7.04. The highest BCUT2D eigenvalue weighted by Crippen LogP contribution is 2.24. The zero-order valence-electron chi connectivity index (χ0n) is 12.7. The molecule has 0 radical (unpaired) electrons. The van der Waals surface area contributed by atoms with Crippen LogP contribution < -0.4 is 10.2 Å². The number of hydrogen-bond donors (Lipinski definition) is 1. The van der Waals surface area contributed by atoms with Crippen LogP contribution in [0.15, 0.2) is 36.8 Å².